The summed E-state index contributed by atoms with van der Waals surface area (Å²) in [7, 11) is 0. The van der Waals surface area contributed by atoms with E-state index in [1.165, 1.54) is 55.7 Å². The minimum absolute atomic E-state index is 0.699. The van der Waals surface area contributed by atoms with E-state index in [0.717, 1.165) is 19.0 Å². The van der Waals surface area contributed by atoms with E-state index in [1.807, 2.05) is 0 Å². The number of hydrogen-bond donors (Lipinski definition) is 1. The smallest absolute Gasteiger partial charge is 0.106 e. The minimum Gasteiger partial charge on any atom is -0.331 e. The zero-order valence-electron chi connectivity index (χ0n) is 11.7. The summed E-state index contributed by atoms with van der Waals surface area (Å²) in [5.74, 6) is 2.16. The second kappa shape index (κ2) is 5.04. The van der Waals surface area contributed by atoms with E-state index in [-0.39, 0.29) is 0 Å². The molecule has 1 saturated carbocycles. The van der Waals surface area contributed by atoms with Gasteiger partial charge in [-0.25, -0.2) is 4.98 Å². The second-order valence-electron chi connectivity index (χ2n) is 5.99. The molecule has 1 N–H and O–H groups in total. The van der Waals surface area contributed by atoms with Crippen LogP contribution in [0.25, 0.3) is 0 Å². The van der Waals surface area contributed by atoms with Crippen LogP contribution in [0.2, 0.25) is 0 Å². The van der Waals surface area contributed by atoms with E-state index in [4.69, 9.17) is 4.98 Å². The number of aromatic nitrogens is 2. The molecule has 3 nitrogen and oxygen atoms in total. The van der Waals surface area contributed by atoms with E-state index in [1.54, 1.807) is 0 Å². The summed E-state index contributed by atoms with van der Waals surface area (Å²) in [6.45, 7) is 6.66. The molecule has 2 aliphatic rings. The van der Waals surface area contributed by atoms with E-state index >= 15 is 0 Å². The van der Waals surface area contributed by atoms with Gasteiger partial charge in [0, 0.05) is 24.8 Å². The number of imidazole rings is 1. The van der Waals surface area contributed by atoms with Crippen molar-refractivity contribution >= 4 is 0 Å². The lowest BCUT2D eigenvalue weighted by Gasteiger charge is -2.17. The van der Waals surface area contributed by atoms with Gasteiger partial charge < -0.3 is 9.88 Å². The van der Waals surface area contributed by atoms with Gasteiger partial charge in [-0.3, -0.25) is 0 Å². The highest BCUT2D eigenvalue weighted by Crippen LogP contribution is 2.32. The average Bonchev–Trinajstić information content (AvgIpc) is 3.15. The van der Waals surface area contributed by atoms with Crippen molar-refractivity contribution in [3.63, 3.8) is 0 Å². The van der Waals surface area contributed by atoms with Crippen LogP contribution in [0.5, 0.6) is 0 Å². The highest BCUT2D eigenvalue weighted by atomic mass is 15.1. The first-order chi connectivity index (χ1) is 8.75. The van der Waals surface area contributed by atoms with E-state index in [2.05, 4.69) is 23.7 Å². The predicted octanol–water partition coefficient (Wildman–Crippen LogP) is 2.46. The van der Waals surface area contributed by atoms with Gasteiger partial charge in [0.25, 0.3) is 0 Å². The highest BCUT2D eigenvalue weighted by Gasteiger charge is 2.27. The fraction of sp³-hybridized carbons (Fsp3) is 0.800. The maximum absolute atomic E-state index is 4.73. The molecule has 2 aliphatic carbocycles. The first-order valence-corrected chi connectivity index (χ1v) is 7.54. The number of hydrogen-bond acceptors (Lipinski definition) is 2. The molecule has 1 aromatic heterocycles. The fourth-order valence-corrected chi connectivity index (χ4v) is 3.20. The molecule has 0 amide bonds. The Morgan fingerprint density at radius 3 is 2.89 bits per heavy atom. The molecule has 0 bridgehead atoms. The summed E-state index contributed by atoms with van der Waals surface area (Å²) in [5.41, 5.74) is 2.88. The second-order valence-corrected chi connectivity index (χ2v) is 5.99. The van der Waals surface area contributed by atoms with E-state index < -0.39 is 0 Å². The molecule has 0 radical (unpaired) electrons. The summed E-state index contributed by atoms with van der Waals surface area (Å²) >= 11 is 0. The Morgan fingerprint density at radius 1 is 1.33 bits per heavy atom. The number of rotatable bonds is 5. The molecule has 18 heavy (non-hydrogen) atoms. The fourth-order valence-electron chi connectivity index (χ4n) is 3.20. The molecule has 0 aliphatic heterocycles. The van der Waals surface area contributed by atoms with Crippen molar-refractivity contribution in [2.75, 3.05) is 6.54 Å². The minimum atomic E-state index is 0.699. The third kappa shape index (κ3) is 2.46. The molecular formula is C15H25N3. The van der Waals surface area contributed by atoms with Crippen molar-refractivity contribution in [3.8, 4) is 0 Å². The van der Waals surface area contributed by atoms with Crippen LogP contribution in [0.15, 0.2) is 0 Å². The molecule has 100 valence electrons. The summed E-state index contributed by atoms with van der Waals surface area (Å²) in [6, 6.07) is 0.699. The zero-order valence-corrected chi connectivity index (χ0v) is 11.7. The van der Waals surface area contributed by atoms with Gasteiger partial charge in [-0.05, 0) is 58.3 Å². The predicted molar refractivity (Wildman–Crippen MR) is 73.8 cm³/mol. The quantitative estimate of drug-likeness (QED) is 0.866. The normalized spacial score (nSPS) is 20.8. The Balaban J connectivity index is 1.59. The van der Waals surface area contributed by atoms with Crippen LogP contribution >= 0.6 is 0 Å². The van der Waals surface area contributed by atoms with Crippen molar-refractivity contribution in [2.45, 2.75) is 65.0 Å². The molecule has 1 aromatic rings. The van der Waals surface area contributed by atoms with Crippen molar-refractivity contribution in [1.29, 1.82) is 0 Å². The molecule has 3 heteroatoms. The van der Waals surface area contributed by atoms with Gasteiger partial charge in [0.05, 0.1) is 5.69 Å². The van der Waals surface area contributed by atoms with Gasteiger partial charge in [0.2, 0.25) is 0 Å². The topological polar surface area (TPSA) is 29.9 Å². The molecule has 1 atom stereocenters. The third-order valence-electron chi connectivity index (χ3n) is 4.55. The number of fused-ring (bicyclic) bond motifs is 1. The van der Waals surface area contributed by atoms with Crippen LogP contribution < -0.4 is 5.32 Å². The van der Waals surface area contributed by atoms with Gasteiger partial charge in [0.15, 0.2) is 0 Å². The zero-order chi connectivity index (χ0) is 12.5. The Kier molecular flexibility index (Phi) is 3.42. The molecule has 0 aromatic carbocycles. The molecule has 1 fully saturated rings. The van der Waals surface area contributed by atoms with Crippen molar-refractivity contribution in [3.05, 3.63) is 17.2 Å². The maximum Gasteiger partial charge on any atom is 0.106 e. The number of nitrogens with zero attached hydrogens (tertiary/aromatic N) is 2. The van der Waals surface area contributed by atoms with Crippen LogP contribution in [0.3, 0.4) is 0 Å². The average molecular weight is 247 g/mol. The molecule has 3 rings (SSSR count). The van der Waals surface area contributed by atoms with Gasteiger partial charge in [-0.1, -0.05) is 0 Å². The van der Waals surface area contributed by atoms with Crippen molar-refractivity contribution < 1.29 is 0 Å². The van der Waals surface area contributed by atoms with Gasteiger partial charge in [0.1, 0.15) is 5.82 Å². The van der Waals surface area contributed by atoms with E-state index in [0.29, 0.717) is 6.04 Å². The van der Waals surface area contributed by atoms with Crippen LogP contribution in [-0.4, -0.2) is 22.1 Å². The summed E-state index contributed by atoms with van der Waals surface area (Å²) < 4.78 is 2.45. The van der Waals surface area contributed by atoms with E-state index in [9.17, 15) is 0 Å². The Hall–Kier alpha value is -0.830. The van der Waals surface area contributed by atoms with Gasteiger partial charge in [-0.15, -0.1) is 0 Å². The largest absolute Gasteiger partial charge is 0.331 e. The first kappa shape index (κ1) is 12.2. The standard InChI is InChI=1S/C15H25N3/c1-11(13-7-8-13)16-9-10-18-12(2)17-14-5-3-4-6-15(14)18/h11,13,16H,3-10H2,1-2H3. The lowest BCUT2D eigenvalue weighted by molar-refractivity contribution is 0.466. The van der Waals surface area contributed by atoms with Crippen molar-refractivity contribution in [2.24, 2.45) is 5.92 Å². The molecular weight excluding hydrogens is 222 g/mol. The molecule has 0 spiro atoms. The summed E-state index contributed by atoms with van der Waals surface area (Å²) in [6.07, 6.45) is 7.93. The van der Waals surface area contributed by atoms with Crippen molar-refractivity contribution in [1.82, 2.24) is 14.9 Å². The lowest BCUT2D eigenvalue weighted by atomic mass is 10.0. The van der Waals surface area contributed by atoms with Crippen LogP contribution in [0, 0.1) is 12.8 Å². The molecule has 1 heterocycles. The van der Waals surface area contributed by atoms with Gasteiger partial charge in [-0.2, -0.15) is 0 Å². The van der Waals surface area contributed by atoms with Gasteiger partial charge >= 0.3 is 0 Å². The van der Waals surface area contributed by atoms with Crippen LogP contribution in [-0.2, 0) is 19.4 Å². The number of aryl methyl sites for hydroxylation is 2. The third-order valence-corrected chi connectivity index (χ3v) is 4.55. The Bertz CT molecular complexity index is 418. The Labute approximate surface area is 110 Å². The number of nitrogens with one attached hydrogen (secondary N) is 1. The Morgan fingerprint density at radius 2 is 2.11 bits per heavy atom. The lowest BCUT2D eigenvalue weighted by Crippen LogP contribution is -2.31. The molecule has 0 saturated heterocycles. The monoisotopic (exact) mass is 247 g/mol. The first-order valence-electron chi connectivity index (χ1n) is 7.54. The van der Waals surface area contributed by atoms with Crippen LogP contribution in [0.1, 0.15) is 49.8 Å². The molecule has 1 unspecified atom stereocenters. The summed E-state index contributed by atoms with van der Waals surface area (Å²) in [5, 5.41) is 3.67. The summed E-state index contributed by atoms with van der Waals surface area (Å²) in [4.78, 5) is 4.73. The highest BCUT2D eigenvalue weighted by molar-refractivity contribution is 5.19. The van der Waals surface area contributed by atoms with Crippen LogP contribution in [0.4, 0.5) is 0 Å². The maximum atomic E-state index is 4.73. The SMILES string of the molecule is Cc1nc2c(n1CCNC(C)C1CC1)CCCC2.